The van der Waals surface area contributed by atoms with E-state index in [1.165, 1.54) is 42.5 Å². The molecular formula is C24H18O9. The number of ether oxygens (including phenoxy) is 2. The maximum Gasteiger partial charge on any atom is 0.238 e. The van der Waals surface area contributed by atoms with Gasteiger partial charge in [-0.05, 0) is 42.0 Å². The molecular weight excluding hydrogens is 432 g/mol. The summed E-state index contributed by atoms with van der Waals surface area (Å²) < 4.78 is 17.8. The summed E-state index contributed by atoms with van der Waals surface area (Å²) in [4.78, 5) is 12.9. The molecule has 1 aromatic heterocycles. The van der Waals surface area contributed by atoms with Gasteiger partial charge in [-0.15, -0.1) is 0 Å². The van der Waals surface area contributed by atoms with E-state index in [2.05, 4.69) is 0 Å². The third-order valence-corrected chi connectivity index (χ3v) is 5.43. The SMILES string of the molecule is O=c1c(O)c(-c2ccc(O)cc2)oc2c3c(cc(O)c12)O[C@H](c1ccc(O)cc1)[C@@H](CO)O3. The van der Waals surface area contributed by atoms with Gasteiger partial charge in [0.1, 0.15) is 22.6 Å². The second-order valence-corrected chi connectivity index (χ2v) is 7.55. The lowest BCUT2D eigenvalue weighted by molar-refractivity contribution is -0.0119. The molecule has 5 N–H and O–H groups in total. The lowest BCUT2D eigenvalue weighted by atomic mass is 10.0. The van der Waals surface area contributed by atoms with E-state index in [0.29, 0.717) is 11.1 Å². The summed E-state index contributed by atoms with van der Waals surface area (Å²) in [6.07, 6.45) is -1.67. The third-order valence-electron chi connectivity index (χ3n) is 5.43. The van der Waals surface area contributed by atoms with Crippen LogP contribution in [0.2, 0.25) is 0 Å². The first-order valence-electron chi connectivity index (χ1n) is 9.95. The third kappa shape index (κ3) is 3.35. The van der Waals surface area contributed by atoms with E-state index in [4.69, 9.17) is 13.9 Å². The molecule has 33 heavy (non-hydrogen) atoms. The Kier molecular flexibility index (Phi) is 4.75. The van der Waals surface area contributed by atoms with Crippen molar-refractivity contribution in [3.63, 3.8) is 0 Å². The number of hydrogen-bond donors (Lipinski definition) is 5. The number of benzene rings is 3. The van der Waals surface area contributed by atoms with E-state index in [1.807, 2.05) is 0 Å². The molecule has 4 aromatic rings. The number of aliphatic hydroxyl groups is 1. The molecule has 0 saturated heterocycles. The van der Waals surface area contributed by atoms with Crippen LogP contribution in [0.1, 0.15) is 11.7 Å². The van der Waals surface area contributed by atoms with Crippen LogP contribution < -0.4 is 14.9 Å². The molecule has 0 saturated carbocycles. The maximum absolute atomic E-state index is 12.9. The van der Waals surface area contributed by atoms with Gasteiger partial charge in [0, 0.05) is 11.6 Å². The summed E-state index contributed by atoms with van der Waals surface area (Å²) in [5.41, 5.74) is -0.143. The molecule has 1 aliphatic heterocycles. The normalized spacial score (nSPS) is 17.2. The summed E-state index contributed by atoms with van der Waals surface area (Å²) >= 11 is 0. The molecule has 168 valence electrons. The largest absolute Gasteiger partial charge is 0.508 e. The van der Waals surface area contributed by atoms with Crippen molar-refractivity contribution in [2.75, 3.05) is 6.61 Å². The fourth-order valence-electron chi connectivity index (χ4n) is 3.81. The second kappa shape index (κ2) is 7.64. The smallest absolute Gasteiger partial charge is 0.238 e. The molecule has 5 rings (SSSR count). The Balaban J connectivity index is 1.70. The summed E-state index contributed by atoms with van der Waals surface area (Å²) in [5, 5.41) is 49.7. The molecule has 2 atom stereocenters. The number of phenolic OH excluding ortho intramolecular Hbond substituents is 3. The maximum atomic E-state index is 12.9. The fourth-order valence-corrected chi connectivity index (χ4v) is 3.81. The van der Waals surface area contributed by atoms with Crippen molar-refractivity contribution in [2.45, 2.75) is 12.2 Å². The van der Waals surface area contributed by atoms with Crippen molar-refractivity contribution >= 4 is 11.0 Å². The Hall–Kier alpha value is -4.37. The molecule has 1 aliphatic rings. The Morgan fingerprint density at radius 3 is 2.12 bits per heavy atom. The minimum Gasteiger partial charge on any atom is -0.508 e. The minimum absolute atomic E-state index is 0.0146. The van der Waals surface area contributed by atoms with Gasteiger partial charge in [0.25, 0.3) is 0 Å². The first kappa shape index (κ1) is 20.5. The summed E-state index contributed by atoms with van der Waals surface area (Å²) in [6, 6.07) is 12.9. The van der Waals surface area contributed by atoms with Crippen LogP contribution in [0.25, 0.3) is 22.3 Å². The highest BCUT2D eigenvalue weighted by Gasteiger charge is 2.36. The quantitative estimate of drug-likeness (QED) is 0.317. The van der Waals surface area contributed by atoms with Crippen LogP contribution in [-0.2, 0) is 0 Å². The molecule has 9 nitrogen and oxygen atoms in total. The zero-order chi connectivity index (χ0) is 23.3. The first-order chi connectivity index (χ1) is 15.9. The van der Waals surface area contributed by atoms with Gasteiger partial charge in [0.05, 0.1) is 6.61 Å². The molecule has 0 fully saturated rings. The van der Waals surface area contributed by atoms with Gasteiger partial charge in [-0.25, -0.2) is 0 Å². The number of aromatic hydroxyl groups is 4. The number of hydrogen-bond acceptors (Lipinski definition) is 9. The van der Waals surface area contributed by atoms with Gasteiger partial charge < -0.3 is 39.4 Å². The molecule has 0 unspecified atom stereocenters. The van der Waals surface area contributed by atoms with Gasteiger partial charge in [-0.1, -0.05) is 12.1 Å². The Morgan fingerprint density at radius 1 is 0.848 bits per heavy atom. The van der Waals surface area contributed by atoms with Crippen LogP contribution in [0.3, 0.4) is 0 Å². The Bertz CT molecular complexity index is 1410. The Labute approximate surface area is 185 Å². The molecule has 0 amide bonds. The van der Waals surface area contributed by atoms with Crippen molar-refractivity contribution in [3.05, 3.63) is 70.4 Å². The van der Waals surface area contributed by atoms with Crippen molar-refractivity contribution in [2.24, 2.45) is 0 Å². The highest BCUT2D eigenvalue weighted by atomic mass is 16.6. The molecule has 0 aliphatic carbocycles. The van der Waals surface area contributed by atoms with Crippen LogP contribution in [0.5, 0.6) is 34.5 Å². The van der Waals surface area contributed by atoms with E-state index < -0.39 is 35.7 Å². The fraction of sp³-hybridized carbons (Fsp3) is 0.125. The molecule has 2 heterocycles. The lowest BCUT2D eigenvalue weighted by Gasteiger charge is -2.33. The van der Waals surface area contributed by atoms with Crippen LogP contribution in [0.4, 0.5) is 0 Å². The van der Waals surface area contributed by atoms with E-state index in [-0.39, 0.29) is 39.7 Å². The van der Waals surface area contributed by atoms with E-state index in [9.17, 15) is 30.3 Å². The Morgan fingerprint density at radius 2 is 1.48 bits per heavy atom. The van der Waals surface area contributed by atoms with Crippen molar-refractivity contribution < 1.29 is 39.4 Å². The molecule has 3 aromatic carbocycles. The van der Waals surface area contributed by atoms with Crippen molar-refractivity contribution in [3.8, 4) is 45.8 Å². The van der Waals surface area contributed by atoms with Crippen LogP contribution in [0, 0.1) is 0 Å². The molecule has 0 radical (unpaired) electrons. The summed E-state index contributed by atoms with van der Waals surface area (Å²) in [6.45, 7) is -0.444. The lowest BCUT2D eigenvalue weighted by Crippen LogP contribution is -2.36. The van der Waals surface area contributed by atoms with Crippen molar-refractivity contribution in [1.29, 1.82) is 0 Å². The first-order valence-corrected chi connectivity index (χ1v) is 9.95. The second-order valence-electron chi connectivity index (χ2n) is 7.55. The average molecular weight is 450 g/mol. The highest BCUT2D eigenvalue weighted by Crippen LogP contribution is 2.48. The standard InChI is InChI=1S/C24H18O9/c25-10-17-21(11-1-5-13(26)6-2-11)31-16-9-15(28)18-19(29)20(30)22(33-24(18)23(16)32-17)12-3-7-14(27)8-4-12/h1-9,17,21,25-28,30H,10H2/t17-,21-/m1/s1. The molecule has 0 bridgehead atoms. The average Bonchev–Trinajstić information content (AvgIpc) is 2.81. The van der Waals surface area contributed by atoms with Crippen molar-refractivity contribution in [1.82, 2.24) is 0 Å². The van der Waals surface area contributed by atoms with E-state index in [1.54, 1.807) is 12.1 Å². The van der Waals surface area contributed by atoms with Gasteiger partial charge in [-0.2, -0.15) is 0 Å². The molecule has 9 heteroatoms. The van der Waals surface area contributed by atoms with Crippen LogP contribution >= 0.6 is 0 Å². The van der Waals surface area contributed by atoms with E-state index in [0.717, 1.165) is 0 Å². The molecule has 0 spiro atoms. The van der Waals surface area contributed by atoms with Gasteiger partial charge >= 0.3 is 0 Å². The number of phenols is 3. The van der Waals surface area contributed by atoms with Gasteiger partial charge in [0.2, 0.25) is 16.9 Å². The minimum atomic E-state index is -0.897. The zero-order valence-electron chi connectivity index (χ0n) is 16.9. The number of fused-ring (bicyclic) bond motifs is 3. The van der Waals surface area contributed by atoms with Gasteiger partial charge in [0.15, 0.2) is 29.3 Å². The highest BCUT2D eigenvalue weighted by molar-refractivity contribution is 5.93. The van der Waals surface area contributed by atoms with Gasteiger partial charge in [-0.3, -0.25) is 4.79 Å². The zero-order valence-corrected chi connectivity index (χ0v) is 16.9. The number of rotatable bonds is 3. The predicted molar refractivity (Wildman–Crippen MR) is 116 cm³/mol. The van der Waals surface area contributed by atoms with Crippen LogP contribution in [-0.4, -0.2) is 38.2 Å². The van der Waals surface area contributed by atoms with Crippen LogP contribution in [0.15, 0.2) is 63.8 Å². The van der Waals surface area contributed by atoms with E-state index >= 15 is 0 Å². The predicted octanol–water partition coefficient (Wildman–Crippen LogP) is 3.16. The summed E-state index contributed by atoms with van der Waals surface area (Å²) in [5.74, 6) is -1.31. The number of aliphatic hydroxyl groups excluding tert-OH is 1. The topological polar surface area (TPSA) is 150 Å². The summed E-state index contributed by atoms with van der Waals surface area (Å²) in [7, 11) is 0. The monoisotopic (exact) mass is 450 g/mol.